The molecular formula is C17H29N3. The van der Waals surface area contributed by atoms with Crippen LogP contribution in [0.4, 0.5) is 0 Å². The summed E-state index contributed by atoms with van der Waals surface area (Å²) in [5, 5.41) is 0. The van der Waals surface area contributed by atoms with Crippen LogP contribution in [0.5, 0.6) is 0 Å². The van der Waals surface area contributed by atoms with Crippen LogP contribution in [0.1, 0.15) is 36.1 Å². The van der Waals surface area contributed by atoms with E-state index in [-0.39, 0.29) is 0 Å². The lowest BCUT2D eigenvalue weighted by molar-refractivity contribution is 0.0642. The van der Waals surface area contributed by atoms with E-state index in [4.69, 9.17) is 5.73 Å². The second-order valence-electron chi connectivity index (χ2n) is 6.15. The van der Waals surface area contributed by atoms with Gasteiger partial charge in [0.05, 0.1) is 0 Å². The van der Waals surface area contributed by atoms with Gasteiger partial charge in [0.25, 0.3) is 0 Å². The van der Waals surface area contributed by atoms with Crippen LogP contribution in [-0.2, 0) is 0 Å². The number of likely N-dealkylation sites (N-methyl/N-ethyl adjacent to an activating group) is 1. The molecule has 0 aromatic heterocycles. The molecule has 2 atom stereocenters. The Morgan fingerprint density at radius 2 is 2.05 bits per heavy atom. The summed E-state index contributed by atoms with van der Waals surface area (Å²) >= 11 is 0. The van der Waals surface area contributed by atoms with Crippen LogP contribution < -0.4 is 5.73 Å². The number of nitrogens with two attached hydrogens (primary N) is 1. The van der Waals surface area contributed by atoms with Gasteiger partial charge < -0.3 is 10.6 Å². The molecule has 1 saturated heterocycles. The van der Waals surface area contributed by atoms with Gasteiger partial charge in [0, 0.05) is 38.3 Å². The lowest BCUT2D eigenvalue weighted by atomic mass is 9.96. The van der Waals surface area contributed by atoms with Gasteiger partial charge in [-0.15, -0.1) is 0 Å². The van der Waals surface area contributed by atoms with Crippen molar-refractivity contribution in [2.75, 3.05) is 33.2 Å². The zero-order valence-electron chi connectivity index (χ0n) is 13.4. The van der Waals surface area contributed by atoms with Crippen LogP contribution in [0.2, 0.25) is 0 Å². The minimum atomic E-state index is 0.360. The molecule has 1 heterocycles. The molecule has 112 valence electrons. The maximum absolute atomic E-state index is 6.11. The number of hydrogen-bond donors (Lipinski definition) is 1. The van der Waals surface area contributed by atoms with Crippen LogP contribution in [0, 0.1) is 13.8 Å². The minimum absolute atomic E-state index is 0.360. The van der Waals surface area contributed by atoms with Crippen molar-refractivity contribution in [3.8, 4) is 0 Å². The van der Waals surface area contributed by atoms with E-state index in [0.29, 0.717) is 18.6 Å². The van der Waals surface area contributed by atoms with Crippen molar-refractivity contribution in [1.82, 2.24) is 9.80 Å². The maximum atomic E-state index is 6.11. The Hall–Kier alpha value is -0.900. The van der Waals surface area contributed by atoms with Crippen molar-refractivity contribution in [3.05, 3.63) is 34.9 Å². The Morgan fingerprint density at radius 3 is 2.65 bits per heavy atom. The molecule has 3 nitrogen and oxygen atoms in total. The van der Waals surface area contributed by atoms with Crippen LogP contribution in [0.25, 0.3) is 0 Å². The first-order valence-corrected chi connectivity index (χ1v) is 7.78. The molecule has 1 aliphatic rings. The Labute approximate surface area is 123 Å². The molecule has 1 fully saturated rings. The summed E-state index contributed by atoms with van der Waals surface area (Å²) in [4.78, 5) is 5.05. The number of piperazine rings is 1. The van der Waals surface area contributed by atoms with Gasteiger partial charge in [0.15, 0.2) is 0 Å². The van der Waals surface area contributed by atoms with E-state index in [0.717, 1.165) is 19.6 Å². The van der Waals surface area contributed by atoms with E-state index in [9.17, 15) is 0 Å². The average molecular weight is 275 g/mol. The molecule has 0 saturated carbocycles. The predicted octanol–water partition coefficient (Wildman–Crippen LogP) is 2.33. The molecule has 2 N–H and O–H groups in total. The third-order valence-electron chi connectivity index (χ3n) is 4.73. The molecule has 0 bridgehead atoms. The van der Waals surface area contributed by atoms with E-state index in [1.54, 1.807) is 0 Å². The first kappa shape index (κ1) is 15.5. The van der Waals surface area contributed by atoms with Crippen LogP contribution in [0.15, 0.2) is 18.2 Å². The fraction of sp³-hybridized carbons (Fsp3) is 0.647. The largest absolute Gasteiger partial charge is 0.329 e. The summed E-state index contributed by atoms with van der Waals surface area (Å²) in [6.45, 7) is 10.7. The van der Waals surface area contributed by atoms with Crippen molar-refractivity contribution in [2.45, 2.75) is 39.3 Å². The van der Waals surface area contributed by atoms with Crippen LogP contribution >= 0.6 is 0 Å². The van der Waals surface area contributed by atoms with Crippen molar-refractivity contribution in [2.24, 2.45) is 5.73 Å². The van der Waals surface area contributed by atoms with Gasteiger partial charge in [-0.3, -0.25) is 4.90 Å². The normalized spacial score (nSPS) is 22.9. The highest BCUT2D eigenvalue weighted by atomic mass is 15.3. The highest BCUT2D eigenvalue weighted by Gasteiger charge is 2.28. The van der Waals surface area contributed by atoms with Crippen LogP contribution in [-0.4, -0.2) is 49.1 Å². The lowest BCUT2D eigenvalue weighted by Crippen LogP contribution is -2.53. The van der Waals surface area contributed by atoms with Gasteiger partial charge in [-0.25, -0.2) is 0 Å². The molecule has 2 rings (SSSR count). The zero-order valence-corrected chi connectivity index (χ0v) is 13.4. The summed E-state index contributed by atoms with van der Waals surface area (Å²) in [6.07, 6.45) is 1.21. The number of nitrogens with zero attached hydrogens (tertiary/aromatic N) is 2. The molecule has 3 heteroatoms. The smallest absolute Gasteiger partial charge is 0.0474 e. The zero-order chi connectivity index (χ0) is 14.7. The summed E-state index contributed by atoms with van der Waals surface area (Å²) in [6, 6.07) is 7.76. The fourth-order valence-electron chi connectivity index (χ4n) is 3.37. The number of rotatable bonds is 4. The van der Waals surface area contributed by atoms with E-state index >= 15 is 0 Å². The van der Waals surface area contributed by atoms with E-state index in [2.05, 4.69) is 55.8 Å². The maximum Gasteiger partial charge on any atom is 0.0474 e. The van der Waals surface area contributed by atoms with Crippen molar-refractivity contribution >= 4 is 0 Å². The third-order valence-corrected chi connectivity index (χ3v) is 4.73. The second-order valence-corrected chi connectivity index (χ2v) is 6.15. The predicted molar refractivity (Wildman–Crippen MR) is 86.0 cm³/mol. The Morgan fingerprint density at radius 1 is 1.30 bits per heavy atom. The summed E-state index contributed by atoms with van der Waals surface area (Å²) in [5.74, 6) is 0. The fourth-order valence-corrected chi connectivity index (χ4v) is 3.37. The highest BCUT2D eigenvalue weighted by Crippen LogP contribution is 2.26. The topological polar surface area (TPSA) is 32.5 Å². The molecule has 0 radical (unpaired) electrons. The molecule has 0 aliphatic carbocycles. The van der Waals surface area contributed by atoms with Crippen LogP contribution in [0.3, 0.4) is 0 Å². The van der Waals surface area contributed by atoms with E-state index < -0.39 is 0 Å². The summed E-state index contributed by atoms with van der Waals surface area (Å²) in [7, 11) is 2.24. The highest BCUT2D eigenvalue weighted by molar-refractivity contribution is 5.33. The molecule has 0 amide bonds. The lowest BCUT2D eigenvalue weighted by Gasteiger charge is -2.43. The number of aryl methyl sites for hydroxylation is 2. The van der Waals surface area contributed by atoms with Gasteiger partial charge in [-0.05, 0) is 38.4 Å². The monoisotopic (exact) mass is 275 g/mol. The quantitative estimate of drug-likeness (QED) is 0.915. The Balaban J connectivity index is 2.19. The van der Waals surface area contributed by atoms with Gasteiger partial charge in [-0.2, -0.15) is 0 Å². The van der Waals surface area contributed by atoms with Crippen molar-refractivity contribution in [1.29, 1.82) is 0 Å². The average Bonchev–Trinajstić information content (AvgIpc) is 2.43. The number of hydrogen-bond acceptors (Lipinski definition) is 3. The van der Waals surface area contributed by atoms with Gasteiger partial charge >= 0.3 is 0 Å². The molecule has 1 aromatic rings. The molecule has 0 spiro atoms. The Bertz CT molecular complexity index is 444. The summed E-state index contributed by atoms with van der Waals surface area (Å²) < 4.78 is 0. The molecule has 1 aliphatic heterocycles. The van der Waals surface area contributed by atoms with Gasteiger partial charge in [-0.1, -0.05) is 30.7 Å². The van der Waals surface area contributed by atoms with Crippen molar-refractivity contribution in [3.63, 3.8) is 0 Å². The van der Waals surface area contributed by atoms with E-state index in [1.165, 1.54) is 23.1 Å². The number of benzene rings is 1. The molecule has 20 heavy (non-hydrogen) atoms. The summed E-state index contributed by atoms with van der Waals surface area (Å²) in [5.41, 5.74) is 10.2. The SMILES string of the molecule is CCC1CN(C(CN)c2ccc(C)cc2C)CCN1C. The van der Waals surface area contributed by atoms with Gasteiger partial charge in [0.2, 0.25) is 0 Å². The first-order chi connectivity index (χ1) is 9.56. The Kier molecular flexibility index (Phi) is 5.19. The standard InChI is InChI=1S/C17H29N3/c1-5-15-12-20(9-8-19(15)4)17(11-18)16-7-6-13(2)10-14(16)3/h6-7,10,15,17H,5,8-9,11-12,18H2,1-4H3. The third kappa shape index (κ3) is 3.22. The minimum Gasteiger partial charge on any atom is -0.329 e. The first-order valence-electron chi connectivity index (χ1n) is 7.78. The second kappa shape index (κ2) is 6.70. The molecule has 2 unspecified atom stereocenters. The molecule has 1 aromatic carbocycles. The van der Waals surface area contributed by atoms with E-state index in [1.807, 2.05) is 0 Å². The molecular weight excluding hydrogens is 246 g/mol. The van der Waals surface area contributed by atoms with Gasteiger partial charge in [0.1, 0.15) is 0 Å². The van der Waals surface area contributed by atoms with Crippen molar-refractivity contribution < 1.29 is 0 Å².